The maximum atomic E-state index is 5.98. The summed E-state index contributed by atoms with van der Waals surface area (Å²) in [5, 5.41) is 3.53. The normalized spacial score (nSPS) is 22.5. The fourth-order valence-electron chi connectivity index (χ4n) is 2.41. The minimum absolute atomic E-state index is 0.0733. The highest BCUT2D eigenvalue weighted by atomic mass is 16.5. The minimum atomic E-state index is 0.0733. The zero-order valence-corrected chi connectivity index (χ0v) is 12.6. The van der Waals surface area contributed by atoms with Crippen LogP contribution in [-0.2, 0) is 4.74 Å². The van der Waals surface area contributed by atoms with Gasteiger partial charge in [-0.15, -0.1) is 0 Å². The number of ether oxygens (including phenoxy) is 2. The Labute approximate surface area is 116 Å². The molecule has 2 rings (SSSR count). The number of hydrogen-bond acceptors (Lipinski definition) is 3. The van der Waals surface area contributed by atoms with Crippen LogP contribution in [0.5, 0.6) is 5.75 Å². The average Bonchev–Trinajstić information content (AvgIpc) is 2.38. The Morgan fingerprint density at radius 3 is 2.63 bits per heavy atom. The van der Waals surface area contributed by atoms with Gasteiger partial charge >= 0.3 is 0 Å². The zero-order chi connectivity index (χ0) is 14.0. The van der Waals surface area contributed by atoms with Crippen LogP contribution in [0.4, 0.5) is 0 Å². The van der Waals surface area contributed by atoms with Crippen molar-refractivity contribution in [1.82, 2.24) is 5.32 Å². The van der Waals surface area contributed by atoms with E-state index in [2.05, 4.69) is 45.1 Å². The second-order valence-electron chi connectivity index (χ2n) is 6.22. The fourth-order valence-corrected chi connectivity index (χ4v) is 2.41. The van der Waals surface area contributed by atoms with Crippen molar-refractivity contribution >= 4 is 0 Å². The van der Waals surface area contributed by atoms with Crippen LogP contribution in [0.3, 0.4) is 0 Å². The molecule has 1 aliphatic heterocycles. The van der Waals surface area contributed by atoms with Crippen molar-refractivity contribution in [3.63, 3.8) is 0 Å². The maximum absolute atomic E-state index is 5.98. The largest absolute Gasteiger partial charge is 0.496 e. The van der Waals surface area contributed by atoms with Gasteiger partial charge in [0.2, 0.25) is 0 Å². The van der Waals surface area contributed by atoms with Gasteiger partial charge in [-0.1, -0.05) is 19.9 Å². The summed E-state index contributed by atoms with van der Waals surface area (Å²) in [6.45, 7) is 10.3. The van der Waals surface area contributed by atoms with Gasteiger partial charge in [-0.05, 0) is 43.0 Å². The second kappa shape index (κ2) is 5.51. The molecule has 0 saturated carbocycles. The number of methoxy groups -OCH3 is 1. The van der Waals surface area contributed by atoms with Gasteiger partial charge in [-0.2, -0.15) is 0 Å². The first kappa shape index (κ1) is 14.4. The number of benzene rings is 1. The first-order chi connectivity index (χ1) is 8.93. The van der Waals surface area contributed by atoms with Crippen LogP contribution in [0, 0.1) is 0 Å². The van der Waals surface area contributed by atoms with Crippen LogP contribution in [-0.4, -0.2) is 25.8 Å². The standard InChI is InChI=1S/C16H25NO2/c1-11(2)13-8-12(6-7-14(13)18-5)15-9-17-16(3,4)10-19-15/h6-8,11,15,17H,9-10H2,1-5H3. The van der Waals surface area contributed by atoms with Crippen LogP contribution in [0.15, 0.2) is 18.2 Å². The van der Waals surface area contributed by atoms with Gasteiger partial charge in [-0.3, -0.25) is 0 Å². The van der Waals surface area contributed by atoms with E-state index in [1.54, 1.807) is 7.11 Å². The topological polar surface area (TPSA) is 30.5 Å². The van der Waals surface area contributed by atoms with E-state index in [0.29, 0.717) is 5.92 Å². The zero-order valence-electron chi connectivity index (χ0n) is 12.6. The van der Waals surface area contributed by atoms with Crippen molar-refractivity contribution in [2.75, 3.05) is 20.3 Å². The SMILES string of the molecule is COc1ccc(C2CNC(C)(C)CO2)cc1C(C)C. The monoisotopic (exact) mass is 263 g/mol. The van der Waals surface area contributed by atoms with E-state index in [1.165, 1.54) is 11.1 Å². The molecule has 0 radical (unpaired) electrons. The van der Waals surface area contributed by atoms with Gasteiger partial charge in [0.25, 0.3) is 0 Å². The van der Waals surface area contributed by atoms with Gasteiger partial charge in [0.05, 0.1) is 19.8 Å². The molecule has 1 fully saturated rings. The van der Waals surface area contributed by atoms with E-state index in [1.807, 2.05) is 6.07 Å². The molecule has 3 heteroatoms. The molecule has 1 heterocycles. The molecule has 1 atom stereocenters. The molecule has 1 aromatic carbocycles. The summed E-state index contributed by atoms with van der Waals surface area (Å²) < 4.78 is 11.4. The fraction of sp³-hybridized carbons (Fsp3) is 0.625. The number of nitrogens with one attached hydrogen (secondary N) is 1. The number of rotatable bonds is 3. The summed E-state index contributed by atoms with van der Waals surface area (Å²) in [6, 6.07) is 6.37. The molecule has 0 aliphatic carbocycles. The van der Waals surface area contributed by atoms with E-state index in [0.717, 1.165) is 18.9 Å². The lowest BCUT2D eigenvalue weighted by Crippen LogP contribution is -2.50. The molecule has 3 nitrogen and oxygen atoms in total. The lowest BCUT2D eigenvalue weighted by molar-refractivity contribution is -0.0229. The highest BCUT2D eigenvalue weighted by molar-refractivity contribution is 5.40. The summed E-state index contributed by atoms with van der Waals surface area (Å²) in [4.78, 5) is 0. The van der Waals surface area contributed by atoms with E-state index in [9.17, 15) is 0 Å². The quantitative estimate of drug-likeness (QED) is 0.908. The predicted molar refractivity (Wildman–Crippen MR) is 77.9 cm³/mol. The van der Waals surface area contributed by atoms with Crippen LogP contribution >= 0.6 is 0 Å². The van der Waals surface area contributed by atoms with Crippen LogP contribution < -0.4 is 10.1 Å². The van der Waals surface area contributed by atoms with Gasteiger partial charge in [0.1, 0.15) is 5.75 Å². The van der Waals surface area contributed by atoms with Crippen molar-refractivity contribution in [1.29, 1.82) is 0 Å². The molecule has 0 aromatic heterocycles. The van der Waals surface area contributed by atoms with Crippen LogP contribution in [0.25, 0.3) is 0 Å². The summed E-state index contributed by atoms with van der Waals surface area (Å²) >= 11 is 0. The summed E-state index contributed by atoms with van der Waals surface area (Å²) in [7, 11) is 1.72. The Morgan fingerprint density at radius 1 is 1.37 bits per heavy atom. The van der Waals surface area contributed by atoms with Crippen LogP contribution in [0.1, 0.15) is 50.8 Å². The van der Waals surface area contributed by atoms with Gasteiger partial charge in [0.15, 0.2) is 0 Å². The van der Waals surface area contributed by atoms with Gasteiger partial charge in [0, 0.05) is 12.1 Å². The lowest BCUT2D eigenvalue weighted by Gasteiger charge is -2.36. The summed E-state index contributed by atoms with van der Waals surface area (Å²) in [6.07, 6.45) is 0.136. The van der Waals surface area contributed by atoms with Crippen molar-refractivity contribution in [2.45, 2.75) is 45.3 Å². The molecule has 0 spiro atoms. The molecule has 0 bridgehead atoms. The Bertz CT molecular complexity index is 430. The van der Waals surface area contributed by atoms with Crippen molar-refractivity contribution in [3.05, 3.63) is 29.3 Å². The van der Waals surface area contributed by atoms with E-state index < -0.39 is 0 Å². The second-order valence-corrected chi connectivity index (χ2v) is 6.22. The van der Waals surface area contributed by atoms with Gasteiger partial charge in [-0.25, -0.2) is 0 Å². The molecular formula is C16H25NO2. The summed E-state index contributed by atoms with van der Waals surface area (Å²) in [5.41, 5.74) is 2.55. The third kappa shape index (κ3) is 3.28. The Balaban J connectivity index is 2.20. The lowest BCUT2D eigenvalue weighted by atomic mass is 9.96. The van der Waals surface area contributed by atoms with E-state index in [4.69, 9.17) is 9.47 Å². The van der Waals surface area contributed by atoms with E-state index >= 15 is 0 Å². The molecule has 1 aliphatic rings. The molecule has 19 heavy (non-hydrogen) atoms. The average molecular weight is 263 g/mol. The first-order valence-electron chi connectivity index (χ1n) is 6.97. The van der Waals surface area contributed by atoms with Crippen molar-refractivity contribution < 1.29 is 9.47 Å². The molecule has 1 aromatic rings. The number of hydrogen-bond donors (Lipinski definition) is 1. The molecular weight excluding hydrogens is 238 g/mol. The predicted octanol–water partition coefficient (Wildman–Crippen LogP) is 3.26. The first-order valence-corrected chi connectivity index (χ1v) is 6.97. The maximum Gasteiger partial charge on any atom is 0.122 e. The Kier molecular flexibility index (Phi) is 4.16. The van der Waals surface area contributed by atoms with E-state index in [-0.39, 0.29) is 11.6 Å². The Morgan fingerprint density at radius 2 is 2.11 bits per heavy atom. The van der Waals surface area contributed by atoms with Crippen molar-refractivity contribution in [2.24, 2.45) is 0 Å². The van der Waals surface area contributed by atoms with Crippen LogP contribution in [0.2, 0.25) is 0 Å². The smallest absolute Gasteiger partial charge is 0.122 e. The highest BCUT2D eigenvalue weighted by Crippen LogP contribution is 2.31. The third-order valence-corrected chi connectivity index (χ3v) is 3.66. The molecule has 1 unspecified atom stereocenters. The Hall–Kier alpha value is -1.06. The highest BCUT2D eigenvalue weighted by Gasteiger charge is 2.28. The number of morpholine rings is 1. The molecule has 0 amide bonds. The minimum Gasteiger partial charge on any atom is -0.496 e. The summed E-state index contributed by atoms with van der Waals surface area (Å²) in [5.74, 6) is 1.41. The van der Waals surface area contributed by atoms with Gasteiger partial charge < -0.3 is 14.8 Å². The van der Waals surface area contributed by atoms with Crippen molar-refractivity contribution in [3.8, 4) is 5.75 Å². The molecule has 1 saturated heterocycles. The molecule has 1 N–H and O–H groups in total. The third-order valence-electron chi connectivity index (χ3n) is 3.66. The molecule has 106 valence electrons.